The first-order valence-corrected chi connectivity index (χ1v) is 6.85. The highest BCUT2D eigenvalue weighted by Gasteiger charge is 2.44. The number of benzene rings is 1. The van der Waals surface area contributed by atoms with Gasteiger partial charge in [0.1, 0.15) is 5.84 Å². The van der Waals surface area contributed by atoms with Gasteiger partial charge in [0.2, 0.25) is 0 Å². The molecule has 1 aromatic rings. The maximum atomic E-state index is 11.0. The summed E-state index contributed by atoms with van der Waals surface area (Å²) in [7, 11) is 0. The van der Waals surface area contributed by atoms with Gasteiger partial charge in [0.05, 0.1) is 21.6 Å². The quantitative estimate of drug-likeness (QED) is 0.273. The number of amidine groups is 1. The van der Waals surface area contributed by atoms with E-state index in [0.29, 0.717) is 6.42 Å². The molecule has 2 rings (SSSR count). The number of nitrogens with two attached hydrogens (primary N) is 1. The lowest BCUT2D eigenvalue weighted by molar-refractivity contribution is -0.385. The van der Waals surface area contributed by atoms with E-state index in [-0.39, 0.29) is 39.3 Å². The standard InChI is InChI=1S/C12H13Cl2N3O4/c13-7-3-9(17(19)20)10(4-8(7)14)21-6-12(1-2-12)5-11(15)16-18/h3-4,18H,1-2,5-6H2,(H2,15,16). The van der Waals surface area contributed by atoms with Gasteiger partial charge < -0.3 is 15.7 Å². The van der Waals surface area contributed by atoms with Crippen molar-refractivity contribution in [1.82, 2.24) is 0 Å². The predicted octanol–water partition coefficient (Wildman–Crippen LogP) is 3.20. The van der Waals surface area contributed by atoms with Gasteiger partial charge in [-0.05, 0) is 12.8 Å². The average molecular weight is 334 g/mol. The second-order valence-corrected chi connectivity index (χ2v) is 5.86. The molecule has 1 aliphatic rings. The van der Waals surface area contributed by atoms with Gasteiger partial charge in [-0.3, -0.25) is 10.1 Å². The minimum atomic E-state index is -0.583. The maximum absolute atomic E-state index is 11.0. The van der Waals surface area contributed by atoms with Gasteiger partial charge in [-0.25, -0.2) is 0 Å². The van der Waals surface area contributed by atoms with E-state index in [9.17, 15) is 10.1 Å². The predicted molar refractivity (Wildman–Crippen MR) is 78.3 cm³/mol. The molecule has 9 heteroatoms. The fourth-order valence-corrected chi connectivity index (χ4v) is 2.29. The van der Waals surface area contributed by atoms with E-state index in [1.807, 2.05) is 0 Å². The van der Waals surface area contributed by atoms with E-state index in [0.717, 1.165) is 18.9 Å². The number of nitrogens with zero attached hydrogens (tertiary/aromatic N) is 2. The zero-order chi connectivity index (χ0) is 15.6. The third-order valence-corrected chi connectivity index (χ3v) is 4.10. The van der Waals surface area contributed by atoms with Crippen LogP contribution in [0.1, 0.15) is 19.3 Å². The number of ether oxygens (including phenoxy) is 1. The Morgan fingerprint density at radius 2 is 2.10 bits per heavy atom. The highest BCUT2D eigenvalue weighted by atomic mass is 35.5. The Kier molecular flexibility index (Phi) is 4.43. The number of hydrogen-bond acceptors (Lipinski definition) is 5. The molecule has 1 aromatic carbocycles. The van der Waals surface area contributed by atoms with Crippen LogP contribution in [0.15, 0.2) is 17.3 Å². The molecule has 114 valence electrons. The minimum absolute atomic E-state index is 0.0557. The van der Waals surface area contributed by atoms with Crippen molar-refractivity contribution >= 4 is 34.7 Å². The molecule has 0 spiro atoms. The summed E-state index contributed by atoms with van der Waals surface area (Å²) in [5.74, 6) is 0.167. The molecule has 0 atom stereocenters. The maximum Gasteiger partial charge on any atom is 0.312 e. The first-order valence-electron chi connectivity index (χ1n) is 6.09. The van der Waals surface area contributed by atoms with Crippen molar-refractivity contribution in [3.63, 3.8) is 0 Å². The summed E-state index contributed by atoms with van der Waals surface area (Å²) in [6, 6.07) is 2.48. The molecule has 0 heterocycles. The van der Waals surface area contributed by atoms with Crippen molar-refractivity contribution in [2.45, 2.75) is 19.3 Å². The summed E-state index contributed by atoms with van der Waals surface area (Å²) in [6.45, 7) is 0.224. The fourth-order valence-electron chi connectivity index (χ4n) is 1.98. The number of oxime groups is 1. The summed E-state index contributed by atoms with van der Waals surface area (Å²) >= 11 is 11.6. The van der Waals surface area contributed by atoms with Crippen molar-refractivity contribution in [2.24, 2.45) is 16.3 Å². The van der Waals surface area contributed by atoms with E-state index in [4.69, 9.17) is 38.9 Å². The number of hydrogen-bond donors (Lipinski definition) is 2. The molecule has 0 aromatic heterocycles. The Bertz CT molecular complexity index is 602. The molecule has 0 radical (unpaired) electrons. The van der Waals surface area contributed by atoms with Crippen LogP contribution in [0, 0.1) is 15.5 Å². The molecule has 1 aliphatic carbocycles. The Morgan fingerprint density at radius 1 is 1.48 bits per heavy atom. The van der Waals surface area contributed by atoms with Crippen molar-refractivity contribution in [2.75, 3.05) is 6.61 Å². The Labute approximate surface area is 130 Å². The number of rotatable bonds is 6. The monoisotopic (exact) mass is 333 g/mol. The smallest absolute Gasteiger partial charge is 0.312 e. The normalized spacial score (nSPS) is 16.6. The summed E-state index contributed by atoms with van der Waals surface area (Å²) < 4.78 is 5.53. The van der Waals surface area contributed by atoms with Gasteiger partial charge in [-0.15, -0.1) is 0 Å². The lowest BCUT2D eigenvalue weighted by Crippen LogP contribution is -2.22. The SMILES string of the molecule is N/C(CC1(COc2cc(Cl)c(Cl)cc2[N+](=O)[O-])CC1)=N/O. The molecule has 0 aliphatic heterocycles. The average Bonchev–Trinajstić information content (AvgIpc) is 3.19. The lowest BCUT2D eigenvalue weighted by atomic mass is 10.0. The van der Waals surface area contributed by atoms with Crippen molar-refractivity contribution < 1.29 is 14.9 Å². The van der Waals surface area contributed by atoms with Crippen LogP contribution in [0.4, 0.5) is 5.69 Å². The van der Waals surface area contributed by atoms with Crippen LogP contribution in [0.5, 0.6) is 5.75 Å². The van der Waals surface area contributed by atoms with E-state index in [1.165, 1.54) is 6.07 Å². The second kappa shape index (κ2) is 5.95. The van der Waals surface area contributed by atoms with Crippen LogP contribution >= 0.6 is 23.2 Å². The molecule has 3 N–H and O–H groups in total. The Hall–Kier alpha value is -1.73. The van der Waals surface area contributed by atoms with Gasteiger partial charge in [0, 0.05) is 24.0 Å². The van der Waals surface area contributed by atoms with Gasteiger partial charge >= 0.3 is 5.69 Å². The molecule has 0 unspecified atom stereocenters. The molecule has 0 bridgehead atoms. The third kappa shape index (κ3) is 3.68. The summed E-state index contributed by atoms with van der Waals surface area (Å²) in [6.07, 6.45) is 2.06. The zero-order valence-corrected chi connectivity index (χ0v) is 12.4. The van der Waals surface area contributed by atoms with Crippen LogP contribution in [-0.4, -0.2) is 22.6 Å². The van der Waals surface area contributed by atoms with E-state index >= 15 is 0 Å². The topological polar surface area (TPSA) is 111 Å². The molecule has 21 heavy (non-hydrogen) atoms. The van der Waals surface area contributed by atoms with Gasteiger partial charge in [0.15, 0.2) is 5.75 Å². The molecule has 7 nitrogen and oxygen atoms in total. The summed E-state index contributed by atoms with van der Waals surface area (Å²) in [5.41, 5.74) is 5.00. The van der Waals surface area contributed by atoms with E-state index in [1.54, 1.807) is 0 Å². The largest absolute Gasteiger partial charge is 0.486 e. The minimum Gasteiger partial charge on any atom is -0.486 e. The van der Waals surface area contributed by atoms with Crippen LogP contribution in [0.25, 0.3) is 0 Å². The molecular formula is C12H13Cl2N3O4. The molecule has 1 saturated carbocycles. The molecule has 0 amide bonds. The first-order chi connectivity index (χ1) is 9.87. The summed E-state index contributed by atoms with van der Waals surface area (Å²) in [5, 5.41) is 22.8. The Balaban J connectivity index is 2.13. The van der Waals surface area contributed by atoms with E-state index < -0.39 is 4.92 Å². The van der Waals surface area contributed by atoms with Gasteiger partial charge in [0.25, 0.3) is 0 Å². The van der Waals surface area contributed by atoms with Crippen molar-refractivity contribution in [3.8, 4) is 5.75 Å². The first kappa shape index (κ1) is 15.7. The highest BCUT2D eigenvalue weighted by molar-refractivity contribution is 6.42. The van der Waals surface area contributed by atoms with Crippen LogP contribution in [0.2, 0.25) is 10.0 Å². The zero-order valence-electron chi connectivity index (χ0n) is 10.9. The summed E-state index contributed by atoms with van der Waals surface area (Å²) in [4.78, 5) is 10.4. The number of nitro groups is 1. The molecule has 0 saturated heterocycles. The number of halogens is 2. The Morgan fingerprint density at radius 3 is 2.62 bits per heavy atom. The van der Waals surface area contributed by atoms with Crippen LogP contribution in [-0.2, 0) is 0 Å². The van der Waals surface area contributed by atoms with Crippen LogP contribution < -0.4 is 10.5 Å². The van der Waals surface area contributed by atoms with Crippen molar-refractivity contribution in [3.05, 3.63) is 32.3 Å². The highest BCUT2D eigenvalue weighted by Crippen LogP contribution is 2.49. The van der Waals surface area contributed by atoms with Crippen molar-refractivity contribution in [1.29, 1.82) is 0 Å². The third-order valence-electron chi connectivity index (χ3n) is 3.37. The van der Waals surface area contributed by atoms with Gasteiger partial charge in [-0.2, -0.15) is 0 Å². The van der Waals surface area contributed by atoms with Gasteiger partial charge in [-0.1, -0.05) is 28.4 Å². The molecular weight excluding hydrogens is 321 g/mol. The fraction of sp³-hybridized carbons (Fsp3) is 0.417. The molecule has 1 fully saturated rings. The number of nitro benzene ring substituents is 1. The lowest BCUT2D eigenvalue weighted by Gasteiger charge is -2.15. The van der Waals surface area contributed by atoms with E-state index in [2.05, 4.69) is 5.16 Å². The second-order valence-electron chi connectivity index (χ2n) is 5.05. The van der Waals surface area contributed by atoms with Crippen LogP contribution in [0.3, 0.4) is 0 Å².